The number of amides is 1. The number of ether oxygens (including phenoxy) is 2. The maximum atomic E-state index is 12.5. The van der Waals surface area contributed by atoms with Crippen LogP contribution in [0.1, 0.15) is 12.5 Å². The fourth-order valence-electron chi connectivity index (χ4n) is 3.23. The smallest absolute Gasteiger partial charge is 0.246 e. The van der Waals surface area contributed by atoms with Crippen LogP contribution in [0.3, 0.4) is 0 Å². The molecule has 1 amide bonds. The van der Waals surface area contributed by atoms with Crippen LogP contribution in [0.4, 0.5) is 5.69 Å². The Morgan fingerprint density at radius 3 is 2.37 bits per heavy atom. The van der Waals surface area contributed by atoms with E-state index in [0.29, 0.717) is 19.7 Å². The molecular formula is C22H26N2O3. The Kier molecular flexibility index (Phi) is 6.36. The number of hydrogen-bond donors (Lipinski definition) is 0. The van der Waals surface area contributed by atoms with Crippen LogP contribution in [0, 0.1) is 0 Å². The molecule has 1 saturated heterocycles. The zero-order valence-electron chi connectivity index (χ0n) is 15.9. The monoisotopic (exact) mass is 366 g/mol. The van der Waals surface area contributed by atoms with Gasteiger partial charge in [-0.1, -0.05) is 30.3 Å². The van der Waals surface area contributed by atoms with Gasteiger partial charge in [-0.25, -0.2) is 0 Å². The van der Waals surface area contributed by atoms with Gasteiger partial charge in [-0.2, -0.15) is 0 Å². The van der Waals surface area contributed by atoms with E-state index in [0.717, 1.165) is 35.8 Å². The average Bonchev–Trinajstić information content (AvgIpc) is 2.73. The lowest BCUT2D eigenvalue weighted by atomic mass is 10.2. The van der Waals surface area contributed by atoms with Crippen molar-refractivity contribution in [2.75, 3.05) is 44.8 Å². The highest BCUT2D eigenvalue weighted by atomic mass is 16.5. The van der Waals surface area contributed by atoms with E-state index >= 15 is 0 Å². The molecule has 142 valence electrons. The van der Waals surface area contributed by atoms with Crippen LogP contribution in [-0.2, 0) is 4.79 Å². The van der Waals surface area contributed by atoms with Crippen molar-refractivity contribution in [2.24, 2.45) is 0 Å². The molecule has 0 saturated carbocycles. The number of piperazine rings is 1. The van der Waals surface area contributed by atoms with Gasteiger partial charge in [0, 0.05) is 37.8 Å². The molecule has 3 rings (SSSR count). The van der Waals surface area contributed by atoms with Crippen molar-refractivity contribution in [3.8, 4) is 11.5 Å². The minimum absolute atomic E-state index is 0.0265. The van der Waals surface area contributed by atoms with Gasteiger partial charge in [-0.05, 0) is 31.2 Å². The zero-order chi connectivity index (χ0) is 19.1. The van der Waals surface area contributed by atoms with Crippen molar-refractivity contribution in [1.29, 1.82) is 0 Å². The molecule has 5 heteroatoms. The van der Waals surface area contributed by atoms with Crippen LogP contribution < -0.4 is 14.4 Å². The Hall–Kier alpha value is -2.95. The first kappa shape index (κ1) is 18.8. The molecule has 1 heterocycles. The third-order valence-electron chi connectivity index (χ3n) is 4.64. The van der Waals surface area contributed by atoms with E-state index in [1.54, 1.807) is 13.2 Å². The number of nitrogens with zero attached hydrogens (tertiary/aromatic N) is 2. The molecule has 1 aliphatic rings. The maximum absolute atomic E-state index is 12.5. The molecule has 27 heavy (non-hydrogen) atoms. The predicted molar refractivity (Wildman–Crippen MR) is 108 cm³/mol. The van der Waals surface area contributed by atoms with Gasteiger partial charge in [0.1, 0.15) is 11.5 Å². The van der Waals surface area contributed by atoms with Crippen molar-refractivity contribution in [3.05, 3.63) is 60.2 Å². The molecule has 1 aliphatic heterocycles. The lowest BCUT2D eigenvalue weighted by molar-refractivity contribution is -0.126. The molecule has 5 nitrogen and oxygen atoms in total. The Morgan fingerprint density at radius 2 is 1.67 bits per heavy atom. The molecule has 0 N–H and O–H groups in total. The Bertz CT molecular complexity index is 796. The normalized spacial score (nSPS) is 14.4. The summed E-state index contributed by atoms with van der Waals surface area (Å²) in [6.45, 7) is 5.59. The van der Waals surface area contributed by atoms with Gasteiger partial charge in [0.05, 0.1) is 19.4 Å². The number of hydrogen-bond acceptors (Lipinski definition) is 4. The summed E-state index contributed by atoms with van der Waals surface area (Å²) in [4.78, 5) is 16.7. The largest absolute Gasteiger partial charge is 0.496 e. The Balaban J connectivity index is 1.60. The van der Waals surface area contributed by atoms with Crippen molar-refractivity contribution in [3.63, 3.8) is 0 Å². The molecule has 0 aromatic heterocycles. The summed E-state index contributed by atoms with van der Waals surface area (Å²) in [7, 11) is 1.63. The first-order valence-electron chi connectivity index (χ1n) is 9.29. The summed E-state index contributed by atoms with van der Waals surface area (Å²) in [6.07, 6.45) is 3.44. The number of benzene rings is 2. The van der Waals surface area contributed by atoms with Gasteiger partial charge in [0.25, 0.3) is 0 Å². The van der Waals surface area contributed by atoms with Gasteiger partial charge in [0.2, 0.25) is 5.91 Å². The highest BCUT2D eigenvalue weighted by molar-refractivity contribution is 5.92. The molecule has 1 fully saturated rings. The topological polar surface area (TPSA) is 42.0 Å². The van der Waals surface area contributed by atoms with Gasteiger partial charge in [-0.15, -0.1) is 0 Å². The lowest BCUT2D eigenvalue weighted by Crippen LogP contribution is -2.48. The first-order chi connectivity index (χ1) is 13.2. The van der Waals surface area contributed by atoms with Crippen LogP contribution in [0.5, 0.6) is 11.5 Å². The molecular weight excluding hydrogens is 340 g/mol. The minimum atomic E-state index is 0.0265. The number of anilines is 1. The van der Waals surface area contributed by atoms with Crippen molar-refractivity contribution in [1.82, 2.24) is 4.90 Å². The second-order valence-corrected chi connectivity index (χ2v) is 6.29. The number of rotatable bonds is 6. The molecule has 0 spiro atoms. The van der Waals surface area contributed by atoms with E-state index in [-0.39, 0.29) is 5.91 Å². The van der Waals surface area contributed by atoms with Gasteiger partial charge < -0.3 is 19.3 Å². The molecule has 0 unspecified atom stereocenters. The van der Waals surface area contributed by atoms with Crippen molar-refractivity contribution >= 4 is 17.7 Å². The summed E-state index contributed by atoms with van der Waals surface area (Å²) in [6, 6.07) is 15.7. The molecule has 0 atom stereocenters. The summed E-state index contributed by atoms with van der Waals surface area (Å²) < 4.78 is 11.1. The van der Waals surface area contributed by atoms with Crippen LogP contribution in [0.2, 0.25) is 0 Å². The molecule has 0 bridgehead atoms. The van der Waals surface area contributed by atoms with E-state index in [2.05, 4.69) is 11.0 Å². The molecule has 0 aliphatic carbocycles. The second-order valence-electron chi connectivity index (χ2n) is 6.29. The second kappa shape index (κ2) is 9.12. The lowest BCUT2D eigenvalue weighted by Gasteiger charge is -2.36. The van der Waals surface area contributed by atoms with Crippen LogP contribution >= 0.6 is 0 Å². The maximum Gasteiger partial charge on any atom is 0.246 e. The van der Waals surface area contributed by atoms with Gasteiger partial charge in [0.15, 0.2) is 0 Å². The quantitative estimate of drug-likeness (QED) is 0.735. The van der Waals surface area contributed by atoms with Gasteiger partial charge in [-0.3, -0.25) is 4.79 Å². The van der Waals surface area contributed by atoms with E-state index < -0.39 is 0 Å². The Morgan fingerprint density at radius 1 is 1.00 bits per heavy atom. The van der Waals surface area contributed by atoms with Crippen molar-refractivity contribution in [2.45, 2.75) is 6.92 Å². The van der Waals surface area contributed by atoms with Crippen LogP contribution in [0.15, 0.2) is 54.6 Å². The number of carbonyl (C=O) groups is 1. The summed E-state index contributed by atoms with van der Waals surface area (Å²) in [5.41, 5.74) is 1.99. The Labute approximate surface area is 160 Å². The van der Waals surface area contributed by atoms with Crippen LogP contribution in [-0.4, -0.2) is 50.7 Å². The zero-order valence-corrected chi connectivity index (χ0v) is 15.9. The standard InChI is InChI=1S/C22H26N2O3/c1-3-27-21-11-7-5-9-19(21)23-14-16-24(17-15-23)22(25)13-12-18-8-4-6-10-20(18)26-2/h4-13H,3,14-17H2,1-2H3/b13-12+. The predicted octanol–water partition coefficient (Wildman–Crippen LogP) is 3.46. The highest BCUT2D eigenvalue weighted by Crippen LogP contribution is 2.28. The van der Waals surface area contributed by atoms with E-state index in [9.17, 15) is 4.79 Å². The summed E-state index contributed by atoms with van der Waals surface area (Å²) in [5, 5.41) is 0. The number of carbonyl (C=O) groups excluding carboxylic acids is 1. The molecule has 0 radical (unpaired) electrons. The highest BCUT2D eigenvalue weighted by Gasteiger charge is 2.21. The summed E-state index contributed by atoms with van der Waals surface area (Å²) >= 11 is 0. The first-order valence-corrected chi connectivity index (χ1v) is 9.29. The van der Waals surface area contributed by atoms with Crippen LogP contribution in [0.25, 0.3) is 6.08 Å². The number of methoxy groups -OCH3 is 1. The third-order valence-corrected chi connectivity index (χ3v) is 4.64. The number of para-hydroxylation sites is 3. The average molecular weight is 366 g/mol. The molecule has 2 aromatic rings. The van der Waals surface area contributed by atoms with E-state index in [4.69, 9.17) is 9.47 Å². The fraction of sp³-hybridized carbons (Fsp3) is 0.318. The minimum Gasteiger partial charge on any atom is -0.496 e. The molecule has 2 aromatic carbocycles. The van der Waals surface area contributed by atoms with Gasteiger partial charge >= 0.3 is 0 Å². The SMILES string of the molecule is CCOc1ccccc1N1CCN(C(=O)/C=C/c2ccccc2OC)CC1. The third kappa shape index (κ3) is 4.61. The van der Waals surface area contributed by atoms with Crippen molar-refractivity contribution < 1.29 is 14.3 Å². The summed E-state index contributed by atoms with van der Waals surface area (Å²) in [5.74, 6) is 1.69. The van der Waals surface area contributed by atoms with E-state index in [1.165, 1.54) is 0 Å². The fourth-order valence-corrected chi connectivity index (χ4v) is 3.23. The van der Waals surface area contributed by atoms with E-state index in [1.807, 2.05) is 60.4 Å².